The number of benzene rings is 3. The van der Waals surface area contributed by atoms with Crippen LogP contribution in [0.25, 0.3) is 16.6 Å². The third-order valence-electron chi connectivity index (χ3n) is 4.81. The van der Waals surface area contributed by atoms with Gasteiger partial charge < -0.3 is 5.32 Å². The van der Waals surface area contributed by atoms with Gasteiger partial charge in [-0.15, -0.1) is 0 Å². The molecule has 0 radical (unpaired) electrons. The molecule has 4 rings (SSSR count). The Morgan fingerprint density at radius 1 is 1.12 bits per heavy atom. The van der Waals surface area contributed by atoms with Crippen LogP contribution in [0.5, 0.6) is 0 Å². The first-order valence-electron chi connectivity index (χ1n) is 9.83. The number of hydrogen-bond acceptors (Lipinski definition) is 6. The minimum absolute atomic E-state index is 0.0682. The van der Waals surface area contributed by atoms with Crippen LogP contribution in [0, 0.1) is 10.1 Å². The molecule has 3 aromatic carbocycles. The Labute approximate surface area is 197 Å². The van der Waals surface area contributed by atoms with Gasteiger partial charge in [0, 0.05) is 22.8 Å². The quantitative estimate of drug-likeness (QED) is 0.179. The van der Waals surface area contributed by atoms with Crippen molar-refractivity contribution in [2.45, 2.75) is 17.3 Å². The van der Waals surface area contributed by atoms with Crippen molar-refractivity contribution in [2.24, 2.45) is 0 Å². The number of carbonyl (C=O) groups excluding carboxylic acids is 1. The number of nitro groups is 1. The molecule has 1 unspecified atom stereocenters. The molecule has 0 aliphatic carbocycles. The normalized spacial score (nSPS) is 11.8. The van der Waals surface area contributed by atoms with Gasteiger partial charge in [0.25, 0.3) is 11.2 Å². The minimum Gasteiger partial charge on any atom is -0.325 e. The lowest BCUT2D eigenvalue weighted by Crippen LogP contribution is -2.26. The number of hydrogen-bond donors (Lipinski definition) is 1. The van der Waals surface area contributed by atoms with Crippen LogP contribution in [0.2, 0.25) is 5.02 Å². The van der Waals surface area contributed by atoms with Crippen molar-refractivity contribution in [1.82, 2.24) is 9.55 Å². The molecule has 1 aromatic heterocycles. The van der Waals surface area contributed by atoms with Crippen LogP contribution in [0.15, 0.2) is 82.7 Å². The van der Waals surface area contributed by atoms with E-state index in [9.17, 15) is 19.7 Å². The second kappa shape index (κ2) is 9.43. The zero-order valence-electron chi connectivity index (χ0n) is 17.3. The first kappa shape index (κ1) is 22.5. The van der Waals surface area contributed by atoms with E-state index in [-0.39, 0.29) is 17.2 Å². The third-order valence-corrected chi connectivity index (χ3v) is 6.10. The number of anilines is 1. The van der Waals surface area contributed by atoms with Gasteiger partial charge in [-0.1, -0.05) is 41.6 Å². The van der Waals surface area contributed by atoms with Gasteiger partial charge in [0.15, 0.2) is 5.16 Å². The molecule has 0 bridgehead atoms. The summed E-state index contributed by atoms with van der Waals surface area (Å²) in [4.78, 5) is 41.0. The number of carbonyl (C=O) groups is 1. The summed E-state index contributed by atoms with van der Waals surface area (Å²) < 4.78 is 1.44. The number of rotatable bonds is 6. The molecule has 1 atom stereocenters. The number of thioether (sulfide) groups is 1. The van der Waals surface area contributed by atoms with Crippen LogP contribution in [-0.4, -0.2) is 25.6 Å². The molecule has 4 aromatic rings. The molecule has 33 heavy (non-hydrogen) atoms. The Morgan fingerprint density at radius 2 is 1.85 bits per heavy atom. The zero-order valence-corrected chi connectivity index (χ0v) is 18.8. The van der Waals surface area contributed by atoms with E-state index in [1.165, 1.54) is 28.8 Å². The van der Waals surface area contributed by atoms with E-state index in [0.29, 0.717) is 32.5 Å². The topological polar surface area (TPSA) is 107 Å². The second-order valence-corrected chi connectivity index (χ2v) is 8.83. The summed E-state index contributed by atoms with van der Waals surface area (Å²) >= 11 is 7.27. The lowest BCUT2D eigenvalue weighted by molar-refractivity contribution is -0.384. The van der Waals surface area contributed by atoms with Crippen LogP contribution in [0.4, 0.5) is 11.4 Å². The molecule has 0 spiro atoms. The maximum atomic E-state index is 13.3. The van der Waals surface area contributed by atoms with Crippen LogP contribution in [0.3, 0.4) is 0 Å². The monoisotopic (exact) mass is 480 g/mol. The Bertz CT molecular complexity index is 1420. The average Bonchev–Trinajstić information content (AvgIpc) is 2.79. The van der Waals surface area contributed by atoms with Crippen LogP contribution < -0.4 is 10.9 Å². The highest BCUT2D eigenvalue weighted by atomic mass is 35.5. The number of nitrogens with zero attached hydrogens (tertiary/aromatic N) is 3. The van der Waals surface area contributed by atoms with E-state index in [4.69, 9.17) is 11.6 Å². The predicted molar refractivity (Wildman–Crippen MR) is 129 cm³/mol. The largest absolute Gasteiger partial charge is 0.325 e. The number of amides is 1. The smallest absolute Gasteiger partial charge is 0.269 e. The molecule has 0 saturated heterocycles. The first-order valence-corrected chi connectivity index (χ1v) is 11.1. The van der Waals surface area contributed by atoms with Gasteiger partial charge in [-0.05, 0) is 49.4 Å². The Morgan fingerprint density at radius 3 is 2.55 bits per heavy atom. The molecule has 8 nitrogen and oxygen atoms in total. The van der Waals surface area contributed by atoms with E-state index < -0.39 is 10.2 Å². The Balaban J connectivity index is 1.67. The molecular weight excluding hydrogens is 464 g/mol. The number of aromatic nitrogens is 2. The van der Waals surface area contributed by atoms with Gasteiger partial charge in [-0.25, -0.2) is 4.98 Å². The molecule has 0 aliphatic heterocycles. The number of non-ortho nitro benzene ring substituents is 1. The van der Waals surface area contributed by atoms with Gasteiger partial charge in [0.05, 0.1) is 26.8 Å². The summed E-state index contributed by atoms with van der Waals surface area (Å²) in [5.74, 6) is -0.339. The van der Waals surface area contributed by atoms with Crippen molar-refractivity contribution in [1.29, 1.82) is 0 Å². The molecule has 0 fully saturated rings. The van der Waals surface area contributed by atoms with Gasteiger partial charge in [-0.3, -0.25) is 24.3 Å². The molecule has 0 saturated carbocycles. The summed E-state index contributed by atoms with van der Waals surface area (Å²) in [6.45, 7) is 1.69. The molecule has 166 valence electrons. The van der Waals surface area contributed by atoms with Crippen molar-refractivity contribution in [3.05, 3.63) is 98.3 Å². The van der Waals surface area contributed by atoms with Crippen molar-refractivity contribution in [3.63, 3.8) is 0 Å². The lowest BCUT2D eigenvalue weighted by Gasteiger charge is -2.16. The third kappa shape index (κ3) is 4.89. The fourth-order valence-electron chi connectivity index (χ4n) is 3.16. The van der Waals surface area contributed by atoms with Crippen molar-refractivity contribution < 1.29 is 9.72 Å². The van der Waals surface area contributed by atoms with Gasteiger partial charge in [0.1, 0.15) is 0 Å². The SMILES string of the molecule is CC(Sc1nc2ccccc2c(=O)n1-c1cccc(Cl)c1)C(=O)Nc1ccc([N+](=O)[O-])cc1. The summed E-state index contributed by atoms with van der Waals surface area (Å²) in [6, 6.07) is 19.4. The number of halogens is 1. The van der Waals surface area contributed by atoms with E-state index in [1.807, 2.05) is 0 Å². The van der Waals surface area contributed by atoms with E-state index in [2.05, 4.69) is 10.3 Å². The molecule has 0 aliphatic rings. The average molecular weight is 481 g/mol. The van der Waals surface area contributed by atoms with E-state index >= 15 is 0 Å². The Hall–Kier alpha value is -3.69. The van der Waals surface area contributed by atoms with Crippen molar-refractivity contribution in [2.75, 3.05) is 5.32 Å². The number of fused-ring (bicyclic) bond motifs is 1. The summed E-state index contributed by atoms with van der Waals surface area (Å²) in [6.07, 6.45) is 0. The van der Waals surface area contributed by atoms with E-state index in [0.717, 1.165) is 11.8 Å². The fourth-order valence-corrected chi connectivity index (χ4v) is 4.27. The number of nitrogens with one attached hydrogen (secondary N) is 1. The molecular formula is C23H17ClN4O4S. The van der Waals surface area contributed by atoms with E-state index in [1.54, 1.807) is 55.5 Å². The fraction of sp³-hybridized carbons (Fsp3) is 0.0870. The summed E-state index contributed by atoms with van der Waals surface area (Å²) in [5, 5.41) is 14.2. The molecule has 1 N–H and O–H groups in total. The minimum atomic E-state index is -0.626. The van der Waals surface area contributed by atoms with Crippen LogP contribution in [0.1, 0.15) is 6.92 Å². The highest BCUT2D eigenvalue weighted by molar-refractivity contribution is 8.00. The van der Waals surface area contributed by atoms with Crippen LogP contribution in [-0.2, 0) is 4.79 Å². The number of para-hydroxylation sites is 1. The highest BCUT2D eigenvalue weighted by Crippen LogP contribution is 2.27. The molecule has 1 heterocycles. The standard InChI is InChI=1S/C23H17ClN4O4S/c1-14(21(29)25-16-9-11-17(12-10-16)28(31)32)33-23-26-20-8-3-2-7-19(20)22(30)27(23)18-6-4-5-15(24)13-18/h2-14H,1H3,(H,25,29). The lowest BCUT2D eigenvalue weighted by atomic mass is 10.2. The Kier molecular flexibility index (Phi) is 6.43. The van der Waals surface area contributed by atoms with Gasteiger partial charge >= 0.3 is 0 Å². The summed E-state index contributed by atoms with van der Waals surface area (Å²) in [7, 11) is 0. The second-order valence-electron chi connectivity index (χ2n) is 7.09. The van der Waals surface area contributed by atoms with Crippen molar-refractivity contribution in [3.8, 4) is 5.69 Å². The predicted octanol–water partition coefficient (Wildman–Crippen LogP) is 5.07. The molecule has 1 amide bonds. The first-order chi connectivity index (χ1) is 15.8. The zero-order chi connectivity index (χ0) is 23.5. The highest BCUT2D eigenvalue weighted by Gasteiger charge is 2.21. The maximum Gasteiger partial charge on any atom is 0.269 e. The van der Waals surface area contributed by atoms with Crippen LogP contribution >= 0.6 is 23.4 Å². The van der Waals surface area contributed by atoms with Crippen molar-refractivity contribution >= 4 is 51.5 Å². The van der Waals surface area contributed by atoms with Gasteiger partial charge in [-0.2, -0.15) is 0 Å². The van der Waals surface area contributed by atoms with Gasteiger partial charge in [0.2, 0.25) is 5.91 Å². The number of nitro benzene ring substituents is 1. The maximum absolute atomic E-state index is 13.3. The molecule has 10 heteroatoms. The summed E-state index contributed by atoms with van der Waals surface area (Å²) in [5.41, 5.74) is 1.15.